The summed E-state index contributed by atoms with van der Waals surface area (Å²) in [5.74, 6) is 0.772. The number of morpholine rings is 1. The predicted octanol–water partition coefficient (Wildman–Crippen LogP) is 1.86. The minimum absolute atomic E-state index is 0.218. The summed E-state index contributed by atoms with van der Waals surface area (Å²) in [6.45, 7) is 11.7. The molecule has 1 heterocycles. The Morgan fingerprint density at radius 3 is 2.75 bits per heavy atom. The lowest BCUT2D eigenvalue weighted by molar-refractivity contribution is -0.0516. The first-order chi connectivity index (χ1) is 7.56. The average molecular weight is 228 g/mol. The molecule has 96 valence electrons. The third-order valence-electron chi connectivity index (χ3n) is 3.60. The summed E-state index contributed by atoms with van der Waals surface area (Å²) in [7, 11) is 0. The molecule has 1 aliphatic rings. The van der Waals surface area contributed by atoms with Crippen molar-refractivity contribution in [3.8, 4) is 0 Å². The Labute approximate surface area is 100 Å². The fourth-order valence-corrected chi connectivity index (χ4v) is 2.36. The maximum atomic E-state index is 5.56. The largest absolute Gasteiger partial charge is 0.378 e. The van der Waals surface area contributed by atoms with Crippen LogP contribution in [0.5, 0.6) is 0 Å². The van der Waals surface area contributed by atoms with Gasteiger partial charge >= 0.3 is 0 Å². The van der Waals surface area contributed by atoms with Gasteiger partial charge in [-0.25, -0.2) is 0 Å². The molecule has 3 nitrogen and oxygen atoms in total. The van der Waals surface area contributed by atoms with Crippen LogP contribution in [0.25, 0.3) is 0 Å². The first-order valence-corrected chi connectivity index (χ1v) is 6.59. The molecular formula is C13H28N2O. The van der Waals surface area contributed by atoms with Crippen LogP contribution in [0.1, 0.15) is 40.0 Å². The second-order valence-electron chi connectivity index (χ2n) is 5.68. The van der Waals surface area contributed by atoms with Crippen molar-refractivity contribution in [2.24, 2.45) is 11.7 Å². The number of nitrogens with two attached hydrogens (primary N) is 1. The standard InChI is InChI=1S/C13H28N2O/c1-12(6-7-14)5-4-8-15-9-10-16-11-13(15,2)3/h12H,4-11,14H2,1-3H3. The van der Waals surface area contributed by atoms with Crippen molar-refractivity contribution >= 4 is 0 Å². The van der Waals surface area contributed by atoms with E-state index in [0.717, 1.165) is 38.6 Å². The second kappa shape index (κ2) is 6.58. The molecule has 1 unspecified atom stereocenters. The van der Waals surface area contributed by atoms with Crippen molar-refractivity contribution in [1.82, 2.24) is 4.90 Å². The Morgan fingerprint density at radius 1 is 1.38 bits per heavy atom. The summed E-state index contributed by atoms with van der Waals surface area (Å²) < 4.78 is 5.52. The van der Waals surface area contributed by atoms with E-state index in [4.69, 9.17) is 10.5 Å². The highest BCUT2D eigenvalue weighted by Gasteiger charge is 2.29. The molecule has 0 aromatic carbocycles. The molecule has 2 N–H and O–H groups in total. The molecule has 0 aromatic rings. The van der Waals surface area contributed by atoms with Crippen LogP contribution >= 0.6 is 0 Å². The third kappa shape index (κ3) is 4.40. The van der Waals surface area contributed by atoms with Gasteiger partial charge in [-0.1, -0.05) is 6.92 Å². The van der Waals surface area contributed by atoms with E-state index in [1.54, 1.807) is 0 Å². The van der Waals surface area contributed by atoms with Gasteiger partial charge in [0.15, 0.2) is 0 Å². The van der Waals surface area contributed by atoms with Crippen molar-refractivity contribution in [2.45, 2.75) is 45.6 Å². The first-order valence-electron chi connectivity index (χ1n) is 6.59. The van der Waals surface area contributed by atoms with Gasteiger partial charge in [-0.2, -0.15) is 0 Å². The summed E-state index contributed by atoms with van der Waals surface area (Å²) in [5.41, 5.74) is 5.78. The van der Waals surface area contributed by atoms with Gasteiger partial charge in [0.1, 0.15) is 0 Å². The zero-order valence-electron chi connectivity index (χ0n) is 11.2. The van der Waals surface area contributed by atoms with Gasteiger partial charge in [-0.3, -0.25) is 4.90 Å². The smallest absolute Gasteiger partial charge is 0.0645 e. The summed E-state index contributed by atoms with van der Waals surface area (Å²) in [5, 5.41) is 0. The van der Waals surface area contributed by atoms with Gasteiger partial charge in [-0.15, -0.1) is 0 Å². The lowest BCUT2D eigenvalue weighted by Gasteiger charge is -2.42. The second-order valence-corrected chi connectivity index (χ2v) is 5.68. The Balaban J connectivity index is 2.20. The molecule has 0 aliphatic carbocycles. The molecule has 1 fully saturated rings. The molecule has 0 spiro atoms. The topological polar surface area (TPSA) is 38.5 Å². The van der Waals surface area contributed by atoms with Crippen molar-refractivity contribution in [2.75, 3.05) is 32.8 Å². The van der Waals surface area contributed by atoms with E-state index in [1.165, 1.54) is 19.4 Å². The summed E-state index contributed by atoms with van der Waals surface area (Å²) >= 11 is 0. The van der Waals surface area contributed by atoms with Gasteiger partial charge in [0.2, 0.25) is 0 Å². The fraction of sp³-hybridized carbons (Fsp3) is 1.00. The van der Waals surface area contributed by atoms with Crippen molar-refractivity contribution in [3.63, 3.8) is 0 Å². The van der Waals surface area contributed by atoms with Crippen molar-refractivity contribution in [3.05, 3.63) is 0 Å². The zero-order valence-corrected chi connectivity index (χ0v) is 11.2. The normalized spacial score (nSPS) is 23.2. The van der Waals surface area contributed by atoms with Gasteiger partial charge in [-0.05, 0) is 52.1 Å². The molecule has 0 aromatic heterocycles. The van der Waals surface area contributed by atoms with Gasteiger partial charge < -0.3 is 10.5 Å². The molecule has 1 saturated heterocycles. The Bertz CT molecular complexity index is 194. The number of nitrogens with zero attached hydrogens (tertiary/aromatic N) is 1. The van der Waals surface area contributed by atoms with Crippen LogP contribution in [0.4, 0.5) is 0 Å². The fourth-order valence-electron chi connectivity index (χ4n) is 2.36. The lowest BCUT2D eigenvalue weighted by atomic mass is 9.99. The van der Waals surface area contributed by atoms with E-state index in [2.05, 4.69) is 25.7 Å². The maximum absolute atomic E-state index is 5.56. The van der Waals surface area contributed by atoms with Crippen LogP contribution in [-0.2, 0) is 4.74 Å². The Hall–Kier alpha value is -0.120. The Kier molecular flexibility index (Phi) is 5.73. The predicted molar refractivity (Wildman–Crippen MR) is 68.5 cm³/mol. The van der Waals surface area contributed by atoms with Crippen LogP contribution in [0, 0.1) is 5.92 Å². The van der Waals surface area contributed by atoms with E-state index in [1.807, 2.05) is 0 Å². The molecule has 0 amide bonds. The first kappa shape index (κ1) is 13.9. The van der Waals surface area contributed by atoms with Crippen LogP contribution in [0.2, 0.25) is 0 Å². The van der Waals surface area contributed by atoms with Crippen LogP contribution in [-0.4, -0.2) is 43.3 Å². The minimum atomic E-state index is 0.218. The van der Waals surface area contributed by atoms with E-state index >= 15 is 0 Å². The lowest BCUT2D eigenvalue weighted by Crippen LogP contribution is -2.53. The molecule has 0 radical (unpaired) electrons. The minimum Gasteiger partial charge on any atom is -0.378 e. The summed E-state index contributed by atoms with van der Waals surface area (Å²) in [4.78, 5) is 2.56. The highest BCUT2D eigenvalue weighted by Crippen LogP contribution is 2.20. The summed E-state index contributed by atoms with van der Waals surface area (Å²) in [6.07, 6.45) is 3.74. The third-order valence-corrected chi connectivity index (χ3v) is 3.60. The van der Waals surface area contributed by atoms with E-state index < -0.39 is 0 Å². The quantitative estimate of drug-likeness (QED) is 0.754. The van der Waals surface area contributed by atoms with Gasteiger partial charge in [0, 0.05) is 12.1 Å². The maximum Gasteiger partial charge on any atom is 0.0645 e. The number of rotatable bonds is 6. The average Bonchev–Trinajstić information content (AvgIpc) is 2.21. The van der Waals surface area contributed by atoms with E-state index in [-0.39, 0.29) is 5.54 Å². The zero-order chi connectivity index (χ0) is 12.0. The SMILES string of the molecule is CC(CCN)CCCN1CCOCC1(C)C. The van der Waals surface area contributed by atoms with Gasteiger partial charge in [0.25, 0.3) is 0 Å². The van der Waals surface area contributed by atoms with E-state index in [0.29, 0.717) is 0 Å². The van der Waals surface area contributed by atoms with Crippen LogP contribution < -0.4 is 5.73 Å². The molecule has 0 saturated carbocycles. The highest BCUT2D eigenvalue weighted by atomic mass is 16.5. The molecular weight excluding hydrogens is 200 g/mol. The molecule has 1 rings (SSSR count). The van der Waals surface area contributed by atoms with Crippen LogP contribution in [0.15, 0.2) is 0 Å². The molecule has 16 heavy (non-hydrogen) atoms. The highest BCUT2D eigenvalue weighted by molar-refractivity contribution is 4.84. The molecule has 0 bridgehead atoms. The molecule has 1 aliphatic heterocycles. The monoisotopic (exact) mass is 228 g/mol. The van der Waals surface area contributed by atoms with E-state index in [9.17, 15) is 0 Å². The number of hydrogen-bond acceptors (Lipinski definition) is 3. The summed E-state index contributed by atoms with van der Waals surface area (Å²) in [6, 6.07) is 0. The van der Waals surface area contributed by atoms with Gasteiger partial charge in [0.05, 0.1) is 13.2 Å². The van der Waals surface area contributed by atoms with Crippen molar-refractivity contribution < 1.29 is 4.74 Å². The molecule has 1 atom stereocenters. The molecule has 3 heteroatoms. The number of hydrogen-bond donors (Lipinski definition) is 1. The van der Waals surface area contributed by atoms with Crippen molar-refractivity contribution in [1.29, 1.82) is 0 Å². The Morgan fingerprint density at radius 2 is 2.12 bits per heavy atom. The number of ether oxygens (including phenoxy) is 1. The van der Waals surface area contributed by atoms with Crippen LogP contribution in [0.3, 0.4) is 0 Å².